The molecule has 0 saturated heterocycles. The monoisotopic (exact) mass is 296 g/mol. The maximum absolute atomic E-state index is 11.4. The zero-order valence-electron chi connectivity index (χ0n) is 13.9. The zero-order valence-corrected chi connectivity index (χ0v) is 13.9. The van der Waals surface area contributed by atoms with Crippen LogP contribution in [0.5, 0.6) is 0 Å². The minimum absolute atomic E-state index is 0.362. The lowest BCUT2D eigenvalue weighted by Gasteiger charge is -2.19. The Morgan fingerprint density at radius 3 is 2.33 bits per heavy atom. The van der Waals surface area contributed by atoms with Gasteiger partial charge in [0.1, 0.15) is 5.60 Å². The lowest BCUT2D eigenvalue weighted by Crippen LogP contribution is -2.32. The van der Waals surface area contributed by atoms with Gasteiger partial charge in [0.15, 0.2) is 0 Å². The molecule has 0 spiro atoms. The molecule has 0 atom stereocenters. The van der Waals surface area contributed by atoms with Crippen LogP contribution in [-0.4, -0.2) is 31.3 Å². The number of hydrogen-bond acceptors (Lipinski definition) is 3. The molecule has 0 aliphatic heterocycles. The van der Waals surface area contributed by atoms with E-state index < -0.39 is 5.60 Å². The van der Waals surface area contributed by atoms with Crippen molar-refractivity contribution in [3.8, 4) is 0 Å². The summed E-state index contributed by atoms with van der Waals surface area (Å²) in [6, 6.07) is 0. The van der Waals surface area contributed by atoms with Crippen LogP contribution >= 0.6 is 0 Å². The first-order valence-electron chi connectivity index (χ1n) is 8.30. The van der Waals surface area contributed by atoms with E-state index in [0.717, 1.165) is 19.0 Å². The summed E-state index contributed by atoms with van der Waals surface area (Å²) < 4.78 is 5.16. The highest BCUT2D eigenvalue weighted by atomic mass is 16.6. The van der Waals surface area contributed by atoms with Crippen molar-refractivity contribution in [2.24, 2.45) is 5.92 Å². The number of amides is 1. The van der Waals surface area contributed by atoms with Crippen LogP contribution in [0.25, 0.3) is 0 Å². The van der Waals surface area contributed by atoms with Crippen LogP contribution in [0.15, 0.2) is 12.2 Å². The largest absolute Gasteiger partial charge is 0.444 e. The summed E-state index contributed by atoms with van der Waals surface area (Å²) in [5.41, 5.74) is -0.436. The fourth-order valence-corrected chi connectivity index (χ4v) is 2.56. The Kier molecular flexibility index (Phi) is 8.43. The quantitative estimate of drug-likeness (QED) is 0.447. The fourth-order valence-electron chi connectivity index (χ4n) is 2.56. The van der Waals surface area contributed by atoms with Crippen LogP contribution < -0.4 is 10.6 Å². The number of ether oxygens (including phenoxy) is 1. The van der Waals surface area contributed by atoms with Gasteiger partial charge < -0.3 is 15.4 Å². The summed E-state index contributed by atoms with van der Waals surface area (Å²) in [5, 5.41) is 6.19. The number of carbonyl (C=O) groups excluding carboxylic acids is 1. The molecule has 0 heterocycles. The molecule has 0 aromatic rings. The van der Waals surface area contributed by atoms with Gasteiger partial charge in [-0.2, -0.15) is 0 Å². The molecule has 1 amide bonds. The molecule has 4 heteroatoms. The Labute approximate surface area is 129 Å². The number of carbonyl (C=O) groups is 1. The Morgan fingerprint density at radius 2 is 1.71 bits per heavy atom. The van der Waals surface area contributed by atoms with E-state index in [1.165, 1.54) is 38.5 Å². The third-order valence-electron chi connectivity index (χ3n) is 3.60. The summed E-state index contributed by atoms with van der Waals surface area (Å²) >= 11 is 0. The van der Waals surface area contributed by atoms with Gasteiger partial charge in [-0.15, -0.1) is 0 Å². The van der Waals surface area contributed by atoms with Gasteiger partial charge in [0.25, 0.3) is 0 Å². The topological polar surface area (TPSA) is 50.4 Å². The Hall–Kier alpha value is -1.03. The summed E-state index contributed by atoms with van der Waals surface area (Å²) in [5.74, 6) is 0.848. The average molecular weight is 296 g/mol. The number of rotatable bonds is 6. The molecule has 0 unspecified atom stereocenters. The van der Waals surface area contributed by atoms with Crippen LogP contribution in [0.1, 0.15) is 59.3 Å². The number of nitrogens with one attached hydrogen (secondary N) is 2. The summed E-state index contributed by atoms with van der Waals surface area (Å²) in [7, 11) is 0. The van der Waals surface area contributed by atoms with Gasteiger partial charge in [-0.3, -0.25) is 0 Å². The van der Waals surface area contributed by atoms with Crippen molar-refractivity contribution in [1.29, 1.82) is 0 Å². The maximum atomic E-state index is 11.4. The third kappa shape index (κ3) is 10.4. The first-order valence-corrected chi connectivity index (χ1v) is 8.30. The van der Waals surface area contributed by atoms with E-state index in [1.807, 2.05) is 26.8 Å². The van der Waals surface area contributed by atoms with E-state index in [1.54, 1.807) is 0 Å². The standard InChI is InChI=1S/C17H32N2O2/c1-17(2,3)21-16(20)19-13-9-8-12-18-14-15-10-6-4-5-7-11-15/h8-9,15,18H,4-7,10-14H2,1-3H3,(H,19,20)/b9-8+. The predicted molar refractivity (Wildman–Crippen MR) is 87.4 cm³/mol. The van der Waals surface area contributed by atoms with E-state index in [0.29, 0.717) is 6.54 Å². The molecular formula is C17H32N2O2. The maximum Gasteiger partial charge on any atom is 0.407 e. The lowest BCUT2D eigenvalue weighted by atomic mass is 10.0. The Balaban J connectivity index is 2.00. The van der Waals surface area contributed by atoms with Crippen molar-refractivity contribution in [2.45, 2.75) is 64.9 Å². The van der Waals surface area contributed by atoms with Gasteiger partial charge >= 0.3 is 6.09 Å². The lowest BCUT2D eigenvalue weighted by molar-refractivity contribution is 0.0534. The van der Waals surface area contributed by atoms with E-state index in [-0.39, 0.29) is 6.09 Å². The Bertz CT molecular complexity index is 313. The van der Waals surface area contributed by atoms with Gasteiger partial charge in [-0.25, -0.2) is 4.79 Å². The molecule has 1 fully saturated rings. The molecule has 21 heavy (non-hydrogen) atoms. The van der Waals surface area contributed by atoms with E-state index in [4.69, 9.17) is 4.74 Å². The van der Waals surface area contributed by atoms with Gasteiger partial charge in [0.2, 0.25) is 0 Å². The van der Waals surface area contributed by atoms with Gasteiger partial charge in [0, 0.05) is 13.1 Å². The first-order chi connectivity index (χ1) is 9.97. The van der Waals surface area contributed by atoms with Crippen molar-refractivity contribution in [1.82, 2.24) is 10.6 Å². The summed E-state index contributed by atoms with van der Waals surface area (Å²) in [6.45, 7) is 8.08. The normalized spacial score (nSPS) is 17.7. The minimum atomic E-state index is -0.436. The summed E-state index contributed by atoms with van der Waals surface area (Å²) in [4.78, 5) is 11.4. The fraction of sp³-hybridized carbons (Fsp3) is 0.824. The number of hydrogen-bond donors (Lipinski definition) is 2. The van der Waals surface area contributed by atoms with Crippen LogP contribution in [-0.2, 0) is 4.74 Å². The second-order valence-electron chi connectivity index (χ2n) is 6.87. The highest BCUT2D eigenvalue weighted by Crippen LogP contribution is 2.21. The van der Waals surface area contributed by atoms with Crippen LogP contribution in [0, 0.1) is 5.92 Å². The average Bonchev–Trinajstić information content (AvgIpc) is 2.64. The van der Waals surface area contributed by atoms with Crippen molar-refractivity contribution >= 4 is 6.09 Å². The Morgan fingerprint density at radius 1 is 1.10 bits per heavy atom. The predicted octanol–water partition coefficient (Wildman–Crippen LogP) is 3.63. The van der Waals surface area contributed by atoms with E-state index in [9.17, 15) is 4.79 Å². The van der Waals surface area contributed by atoms with Crippen molar-refractivity contribution in [3.63, 3.8) is 0 Å². The highest BCUT2D eigenvalue weighted by Gasteiger charge is 2.15. The molecule has 0 bridgehead atoms. The van der Waals surface area contributed by atoms with Crippen LogP contribution in [0.3, 0.4) is 0 Å². The molecule has 4 nitrogen and oxygen atoms in total. The van der Waals surface area contributed by atoms with E-state index in [2.05, 4.69) is 16.7 Å². The van der Waals surface area contributed by atoms with Crippen molar-refractivity contribution < 1.29 is 9.53 Å². The molecule has 122 valence electrons. The molecule has 0 aromatic carbocycles. The van der Waals surface area contributed by atoms with Crippen LogP contribution in [0.4, 0.5) is 4.79 Å². The molecular weight excluding hydrogens is 264 g/mol. The zero-order chi connectivity index (χ0) is 15.6. The van der Waals surface area contributed by atoms with E-state index >= 15 is 0 Å². The molecule has 1 aliphatic carbocycles. The molecule has 2 N–H and O–H groups in total. The van der Waals surface area contributed by atoms with Gasteiger partial charge in [-0.05, 0) is 46.1 Å². The van der Waals surface area contributed by atoms with Gasteiger partial charge in [0.05, 0.1) is 0 Å². The molecule has 0 aromatic heterocycles. The second kappa shape index (κ2) is 9.82. The molecule has 1 rings (SSSR count). The molecule has 1 aliphatic rings. The second-order valence-corrected chi connectivity index (χ2v) is 6.87. The molecule has 0 radical (unpaired) electrons. The smallest absolute Gasteiger partial charge is 0.407 e. The summed E-state index contributed by atoms with van der Waals surface area (Å²) in [6.07, 6.45) is 12.0. The van der Waals surface area contributed by atoms with Crippen LogP contribution in [0.2, 0.25) is 0 Å². The minimum Gasteiger partial charge on any atom is -0.444 e. The van der Waals surface area contributed by atoms with Gasteiger partial charge in [-0.1, -0.05) is 37.8 Å². The van der Waals surface area contributed by atoms with Crippen molar-refractivity contribution in [2.75, 3.05) is 19.6 Å². The third-order valence-corrected chi connectivity index (χ3v) is 3.60. The number of alkyl carbamates (subject to hydrolysis) is 1. The first kappa shape index (κ1) is 18.0. The molecule has 1 saturated carbocycles. The SMILES string of the molecule is CC(C)(C)OC(=O)NC/C=C/CNCC1CCCCCC1. The van der Waals surface area contributed by atoms with Crippen molar-refractivity contribution in [3.05, 3.63) is 12.2 Å². The highest BCUT2D eigenvalue weighted by molar-refractivity contribution is 5.67.